The van der Waals surface area contributed by atoms with E-state index in [9.17, 15) is 4.79 Å². The molecule has 2 aliphatic rings. The maximum absolute atomic E-state index is 12.2. The number of nitrogens with zero attached hydrogens (tertiary/aromatic N) is 2. The molecule has 1 aromatic carbocycles. The van der Waals surface area contributed by atoms with Gasteiger partial charge in [-0.3, -0.25) is 4.99 Å². The largest absolute Gasteiger partial charge is 0.444 e. The highest BCUT2D eigenvalue weighted by atomic mass is 16.6. The van der Waals surface area contributed by atoms with Crippen LogP contribution in [0.1, 0.15) is 51.2 Å². The fourth-order valence-electron chi connectivity index (χ4n) is 3.78. The molecular formula is C21H32N4O2. The van der Waals surface area contributed by atoms with E-state index in [0.717, 1.165) is 24.9 Å². The van der Waals surface area contributed by atoms with E-state index in [0.29, 0.717) is 31.5 Å². The third kappa shape index (κ3) is 5.37. The molecule has 6 heteroatoms. The summed E-state index contributed by atoms with van der Waals surface area (Å²) in [4.78, 5) is 18.4. The Labute approximate surface area is 162 Å². The van der Waals surface area contributed by atoms with Gasteiger partial charge in [-0.05, 0) is 76.0 Å². The first kappa shape index (κ1) is 19.5. The number of benzene rings is 1. The van der Waals surface area contributed by atoms with E-state index in [1.165, 1.54) is 24.0 Å². The van der Waals surface area contributed by atoms with Crippen LogP contribution in [0.4, 0.5) is 10.5 Å². The molecule has 1 unspecified atom stereocenters. The number of aryl methyl sites for hydroxylation is 1. The second-order valence-corrected chi connectivity index (χ2v) is 8.58. The summed E-state index contributed by atoms with van der Waals surface area (Å²) in [5, 5.41) is 3.28. The number of carbonyl (C=O) groups is 1. The number of anilines is 1. The lowest BCUT2D eigenvalue weighted by molar-refractivity contribution is 0.0289. The highest BCUT2D eigenvalue weighted by Crippen LogP contribution is 2.27. The zero-order valence-corrected chi connectivity index (χ0v) is 16.8. The summed E-state index contributed by atoms with van der Waals surface area (Å²) in [5.74, 6) is 0.771. The van der Waals surface area contributed by atoms with E-state index in [1.54, 1.807) is 4.90 Å². The van der Waals surface area contributed by atoms with Crippen LogP contribution in [0.2, 0.25) is 0 Å². The van der Waals surface area contributed by atoms with Crippen molar-refractivity contribution in [3.8, 4) is 0 Å². The minimum atomic E-state index is -0.462. The lowest BCUT2D eigenvalue weighted by Crippen LogP contribution is -2.35. The highest BCUT2D eigenvalue weighted by molar-refractivity contribution is 5.93. The molecule has 0 saturated carbocycles. The third-order valence-corrected chi connectivity index (χ3v) is 5.12. The average Bonchev–Trinajstić information content (AvgIpc) is 3.08. The van der Waals surface area contributed by atoms with Crippen molar-refractivity contribution in [1.29, 1.82) is 0 Å². The van der Waals surface area contributed by atoms with Crippen LogP contribution >= 0.6 is 0 Å². The number of carbonyl (C=O) groups excluding carboxylic acids is 1. The van der Waals surface area contributed by atoms with Crippen LogP contribution in [0.15, 0.2) is 23.2 Å². The summed E-state index contributed by atoms with van der Waals surface area (Å²) in [5.41, 5.74) is 9.54. The molecular weight excluding hydrogens is 340 g/mol. The van der Waals surface area contributed by atoms with Gasteiger partial charge in [-0.25, -0.2) is 4.79 Å². The fraction of sp³-hybridized carbons (Fsp3) is 0.619. The van der Waals surface area contributed by atoms with Gasteiger partial charge in [0.25, 0.3) is 0 Å². The molecule has 1 aliphatic carbocycles. The van der Waals surface area contributed by atoms with Crippen molar-refractivity contribution in [1.82, 2.24) is 4.90 Å². The van der Waals surface area contributed by atoms with Gasteiger partial charge in [-0.15, -0.1) is 0 Å². The van der Waals surface area contributed by atoms with Gasteiger partial charge in [0, 0.05) is 25.3 Å². The molecule has 27 heavy (non-hydrogen) atoms. The first-order valence-corrected chi connectivity index (χ1v) is 9.97. The standard InChI is InChI=1S/C21H32N4O2/c1-21(2,3)27-20(26)25-12-11-15(14-25)13-23-19(22)24-18-10-6-8-16-7-4-5-9-17(16)18/h6,8,10,15H,4-5,7,9,11-14H2,1-3H3,(H3,22,23,24). The van der Waals surface area contributed by atoms with Crippen molar-refractivity contribution in [3.63, 3.8) is 0 Å². The third-order valence-electron chi connectivity index (χ3n) is 5.12. The summed E-state index contributed by atoms with van der Waals surface area (Å²) < 4.78 is 5.44. The zero-order valence-electron chi connectivity index (χ0n) is 16.8. The minimum absolute atomic E-state index is 0.240. The molecule has 1 saturated heterocycles. The van der Waals surface area contributed by atoms with Gasteiger partial charge in [-0.1, -0.05) is 12.1 Å². The molecule has 0 spiro atoms. The lowest BCUT2D eigenvalue weighted by atomic mass is 9.90. The van der Waals surface area contributed by atoms with Crippen LogP contribution in [0.3, 0.4) is 0 Å². The average molecular weight is 373 g/mol. The molecule has 0 bridgehead atoms. The number of hydrogen-bond acceptors (Lipinski definition) is 3. The molecule has 1 fully saturated rings. The van der Waals surface area contributed by atoms with Crippen molar-refractivity contribution in [2.24, 2.45) is 16.6 Å². The van der Waals surface area contributed by atoms with Gasteiger partial charge in [0.1, 0.15) is 5.60 Å². The molecule has 6 nitrogen and oxygen atoms in total. The Bertz CT molecular complexity index is 709. The zero-order chi connectivity index (χ0) is 19.4. The quantitative estimate of drug-likeness (QED) is 0.628. The Morgan fingerprint density at radius 3 is 2.89 bits per heavy atom. The van der Waals surface area contributed by atoms with Gasteiger partial charge in [0.05, 0.1) is 0 Å². The monoisotopic (exact) mass is 372 g/mol. The van der Waals surface area contributed by atoms with Crippen LogP contribution in [-0.4, -0.2) is 42.2 Å². The Balaban J connectivity index is 1.52. The molecule has 1 amide bonds. The Hall–Kier alpha value is -2.24. The minimum Gasteiger partial charge on any atom is -0.444 e. The number of hydrogen-bond donors (Lipinski definition) is 2. The summed E-state index contributed by atoms with van der Waals surface area (Å²) in [6.07, 6.45) is 5.41. The fourth-order valence-corrected chi connectivity index (χ4v) is 3.78. The predicted octanol–water partition coefficient (Wildman–Crippen LogP) is 3.55. The van der Waals surface area contributed by atoms with Crippen molar-refractivity contribution < 1.29 is 9.53 Å². The number of ether oxygens (including phenoxy) is 1. The highest BCUT2D eigenvalue weighted by Gasteiger charge is 2.29. The van der Waals surface area contributed by atoms with E-state index in [-0.39, 0.29) is 6.09 Å². The molecule has 1 aromatic rings. The van der Waals surface area contributed by atoms with Crippen LogP contribution < -0.4 is 11.1 Å². The number of rotatable bonds is 3. The van der Waals surface area contributed by atoms with Crippen molar-refractivity contribution >= 4 is 17.7 Å². The van der Waals surface area contributed by atoms with Crippen molar-refractivity contribution in [2.45, 2.75) is 58.5 Å². The molecule has 1 aliphatic heterocycles. The van der Waals surface area contributed by atoms with Gasteiger partial charge in [-0.2, -0.15) is 0 Å². The molecule has 1 heterocycles. The molecule has 148 valence electrons. The van der Waals surface area contributed by atoms with Gasteiger partial charge in [0.15, 0.2) is 5.96 Å². The molecule has 1 atom stereocenters. The maximum atomic E-state index is 12.2. The number of fused-ring (bicyclic) bond motifs is 1. The summed E-state index contributed by atoms with van der Waals surface area (Å²) in [7, 11) is 0. The normalized spacial score (nSPS) is 20.3. The Morgan fingerprint density at radius 2 is 2.11 bits per heavy atom. The number of likely N-dealkylation sites (tertiary alicyclic amines) is 1. The first-order valence-electron chi connectivity index (χ1n) is 9.97. The van der Waals surface area contributed by atoms with E-state index < -0.39 is 5.60 Å². The smallest absolute Gasteiger partial charge is 0.410 e. The van der Waals surface area contributed by atoms with E-state index in [2.05, 4.69) is 28.5 Å². The number of nitrogens with one attached hydrogen (secondary N) is 1. The number of amides is 1. The first-order chi connectivity index (χ1) is 12.8. The second kappa shape index (κ2) is 8.19. The topological polar surface area (TPSA) is 80.0 Å². The number of aliphatic imine (C=N–C) groups is 1. The number of nitrogens with two attached hydrogens (primary N) is 1. The molecule has 0 radical (unpaired) electrons. The SMILES string of the molecule is CC(C)(C)OC(=O)N1CCC(CN=C(N)Nc2cccc3c2CCCC3)C1. The van der Waals surface area contributed by atoms with Crippen LogP contribution in [0.25, 0.3) is 0 Å². The lowest BCUT2D eigenvalue weighted by Gasteiger charge is -2.24. The van der Waals surface area contributed by atoms with Crippen molar-refractivity contribution in [3.05, 3.63) is 29.3 Å². The van der Waals surface area contributed by atoms with Crippen molar-refractivity contribution in [2.75, 3.05) is 25.0 Å². The Morgan fingerprint density at radius 1 is 1.33 bits per heavy atom. The molecule has 0 aromatic heterocycles. The van der Waals surface area contributed by atoms with E-state index in [1.807, 2.05) is 20.8 Å². The van der Waals surface area contributed by atoms with Crippen LogP contribution in [-0.2, 0) is 17.6 Å². The summed E-state index contributed by atoms with van der Waals surface area (Å²) >= 11 is 0. The predicted molar refractivity (Wildman–Crippen MR) is 109 cm³/mol. The van der Waals surface area contributed by atoms with Gasteiger partial charge in [0.2, 0.25) is 0 Å². The molecule has 3 rings (SSSR count). The maximum Gasteiger partial charge on any atom is 0.410 e. The Kier molecular flexibility index (Phi) is 5.92. The van der Waals surface area contributed by atoms with Gasteiger partial charge >= 0.3 is 6.09 Å². The van der Waals surface area contributed by atoms with Gasteiger partial charge < -0.3 is 20.7 Å². The number of guanidine groups is 1. The van der Waals surface area contributed by atoms with Crippen LogP contribution in [0, 0.1) is 5.92 Å². The molecule has 3 N–H and O–H groups in total. The summed E-state index contributed by atoms with van der Waals surface area (Å²) in [6.45, 7) is 7.67. The second-order valence-electron chi connectivity index (χ2n) is 8.58. The van der Waals surface area contributed by atoms with Crippen LogP contribution in [0.5, 0.6) is 0 Å². The van der Waals surface area contributed by atoms with E-state index in [4.69, 9.17) is 10.5 Å². The van der Waals surface area contributed by atoms with E-state index >= 15 is 0 Å². The summed E-state index contributed by atoms with van der Waals surface area (Å²) in [6, 6.07) is 6.36.